The molecule has 2 rings (SSSR count). The van der Waals surface area contributed by atoms with Gasteiger partial charge in [-0.1, -0.05) is 29.3 Å². The molecule has 1 fully saturated rings. The van der Waals surface area contributed by atoms with E-state index in [1.165, 1.54) is 0 Å². The molecule has 116 valence electrons. The van der Waals surface area contributed by atoms with E-state index in [-0.39, 0.29) is 0 Å². The second kappa shape index (κ2) is 8.76. The Morgan fingerprint density at radius 1 is 1.24 bits per heavy atom. The Morgan fingerprint density at radius 2 is 1.90 bits per heavy atom. The molecule has 0 saturated carbocycles. The molecule has 1 aromatic carbocycles. The molecule has 0 atom stereocenters. The van der Waals surface area contributed by atoms with Crippen LogP contribution in [0.2, 0.25) is 10.0 Å². The molecule has 1 heterocycles. The molecule has 1 aromatic rings. The van der Waals surface area contributed by atoms with Crippen LogP contribution < -0.4 is 15.5 Å². The van der Waals surface area contributed by atoms with Crippen molar-refractivity contribution in [3.63, 3.8) is 0 Å². The Kier molecular flexibility index (Phi) is 6.99. The highest BCUT2D eigenvalue weighted by molar-refractivity contribution is 7.80. The summed E-state index contributed by atoms with van der Waals surface area (Å²) in [4.78, 5) is 1.59. The molecule has 0 aliphatic carbocycles. The summed E-state index contributed by atoms with van der Waals surface area (Å²) >= 11 is 17.4. The van der Waals surface area contributed by atoms with Crippen LogP contribution in [0.25, 0.3) is 0 Å². The van der Waals surface area contributed by atoms with Gasteiger partial charge in [-0.3, -0.25) is 0 Å². The standard InChI is InChI=1S/C14H19Cl2N3OS/c15-11-3-1-4-12(16)13(11)18-14(21)17-5-2-6-19-7-9-20-10-8-19/h1,3-4H,2,5-10H2,(H2,17,18,21)/p+1. The first-order valence-electron chi connectivity index (χ1n) is 7.07. The summed E-state index contributed by atoms with van der Waals surface area (Å²) in [6.45, 7) is 5.89. The Bertz CT molecular complexity index is 461. The smallest absolute Gasteiger partial charge is 0.170 e. The van der Waals surface area contributed by atoms with Gasteiger partial charge in [0.2, 0.25) is 0 Å². The highest BCUT2D eigenvalue weighted by atomic mass is 35.5. The number of halogens is 2. The molecule has 0 aromatic heterocycles. The van der Waals surface area contributed by atoms with Gasteiger partial charge in [0.05, 0.1) is 35.5 Å². The van der Waals surface area contributed by atoms with Crippen molar-refractivity contribution in [2.24, 2.45) is 0 Å². The van der Waals surface area contributed by atoms with Gasteiger partial charge >= 0.3 is 0 Å². The van der Waals surface area contributed by atoms with E-state index in [1.807, 2.05) is 0 Å². The molecular weight excluding hydrogens is 329 g/mol. The number of para-hydroxylation sites is 1. The van der Waals surface area contributed by atoms with E-state index < -0.39 is 0 Å². The molecule has 0 radical (unpaired) electrons. The Labute approximate surface area is 140 Å². The molecule has 3 N–H and O–H groups in total. The number of morpholine rings is 1. The molecule has 0 amide bonds. The van der Waals surface area contributed by atoms with Crippen LogP contribution in [0.3, 0.4) is 0 Å². The fourth-order valence-corrected chi connectivity index (χ4v) is 2.92. The molecule has 7 heteroatoms. The fourth-order valence-electron chi connectivity index (χ4n) is 2.23. The lowest BCUT2D eigenvalue weighted by molar-refractivity contribution is -0.908. The normalized spacial score (nSPS) is 15.7. The Balaban J connectivity index is 1.67. The van der Waals surface area contributed by atoms with Crippen molar-refractivity contribution >= 4 is 46.2 Å². The van der Waals surface area contributed by atoms with Crippen molar-refractivity contribution < 1.29 is 9.64 Å². The van der Waals surface area contributed by atoms with E-state index in [0.717, 1.165) is 45.8 Å². The van der Waals surface area contributed by atoms with Crippen LogP contribution >= 0.6 is 35.4 Å². The van der Waals surface area contributed by atoms with Crippen LogP contribution in [0.15, 0.2) is 18.2 Å². The van der Waals surface area contributed by atoms with Crippen molar-refractivity contribution in [3.8, 4) is 0 Å². The van der Waals surface area contributed by atoms with Crippen molar-refractivity contribution in [3.05, 3.63) is 28.2 Å². The average molecular weight is 349 g/mol. The van der Waals surface area contributed by atoms with E-state index in [4.69, 9.17) is 40.2 Å². The minimum absolute atomic E-state index is 0.543. The zero-order valence-electron chi connectivity index (χ0n) is 11.8. The van der Waals surface area contributed by atoms with Gasteiger partial charge in [-0.25, -0.2) is 0 Å². The van der Waals surface area contributed by atoms with E-state index >= 15 is 0 Å². The van der Waals surface area contributed by atoms with Gasteiger partial charge in [-0.2, -0.15) is 0 Å². The fraction of sp³-hybridized carbons (Fsp3) is 0.500. The summed E-state index contributed by atoms with van der Waals surface area (Å²) in [5.74, 6) is 0. The number of thiocarbonyl (C=S) groups is 1. The van der Waals surface area contributed by atoms with E-state index in [9.17, 15) is 0 Å². The highest BCUT2D eigenvalue weighted by Gasteiger charge is 2.13. The minimum Gasteiger partial charge on any atom is -0.370 e. The van der Waals surface area contributed by atoms with Crippen LogP contribution in [-0.2, 0) is 4.74 Å². The lowest BCUT2D eigenvalue weighted by Gasteiger charge is -2.23. The number of ether oxygens (including phenoxy) is 1. The summed E-state index contributed by atoms with van der Waals surface area (Å²) in [7, 11) is 0. The van der Waals surface area contributed by atoms with Gasteiger partial charge in [0.15, 0.2) is 5.11 Å². The summed E-state index contributed by atoms with van der Waals surface area (Å²) in [5.41, 5.74) is 0.650. The number of hydrogen-bond acceptors (Lipinski definition) is 2. The molecule has 21 heavy (non-hydrogen) atoms. The summed E-state index contributed by atoms with van der Waals surface area (Å²) in [6, 6.07) is 5.36. The number of rotatable bonds is 5. The average Bonchev–Trinajstić information content (AvgIpc) is 2.49. The summed E-state index contributed by atoms with van der Waals surface area (Å²) in [5, 5.41) is 7.89. The minimum atomic E-state index is 0.543. The first-order valence-corrected chi connectivity index (χ1v) is 8.23. The van der Waals surface area contributed by atoms with Gasteiger partial charge in [0, 0.05) is 13.0 Å². The Morgan fingerprint density at radius 3 is 2.57 bits per heavy atom. The number of nitrogens with one attached hydrogen (secondary N) is 3. The third-order valence-corrected chi connectivity index (χ3v) is 4.27. The maximum atomic E-state index is 6.09. The molecule has 1 aliphatic rings. The maximum absolute atomic E-state index is 6.09. The zero-order valence-corrected chi connectivity index (χ0v) is 14.1. The number of hydrogen-bond donors (Lipinski definition) is 3. The monoisotopic (exact) mass is 348 g/mol. The largest absolute Gasteiger partial charge is 0.370 e. The SMILES string of the molecule is S=C(NCCC[NH+]1CCOCC1)Nc1c(Cl)cccc1Cl. The molecule has 1 aliphatic heterocycles. The Hall–Kier alpha value is -0.590. The van der Waals surface area contributed by atoms with Crippen LogP contribution in [0.5, 0.6) is 0 Å². The lowest BCUT2D eigenvalue weighted by atomic mass is 10.3. The third-order valence-electron chi connectivity index (χ3n) is 3.39. The van der Waals surface area contributed by atoms with E-state index in [1.54, 1.807) is 23.1 Å². The topological polar surface area (TPSA) is 37.7 Å². The molecule has 1 saturated heterocycles. The van der Waals surface area contributed by atoms with Crippen LogP contribution in [0, 0.1) is 0 Å². The highest BCUT2D eigenvalue weighted by Crippen LogP contribution is 2.29. The number of quaternary nitrogens is 1. The predicted molar refractivity (Wildman–Crippen MR) is 91.7 cm³/mol. The number of benzene rings is 1. The molecule has 0 spiro atoms. The van der Waals surface area contributed by atoms with Crippen molar-refractivity contribution in [2.75, 3.05) is 44.7 Å². The second-order valence-corrected chi connectivity index (χ2v) is 6.17. The molecule has 4 nitrogen and oxygen atoms in total. The summed E-state index contributed by atoms with van der Waals surface area (Å²) < 4.78 is 5.34. The number of anilines is 1. The second-order valence-electron chi connectivity index (χ2n) is 4.94. The van der Waals surface area contributed by atoms with E-state index in [0.29, 0.717) is 20.8 Å². The van der Waals surface area contributed by atoms with Crippen molar-refractivity contribution in [1.82, 2.24) is 5.32 Å². The van der Waals surface area contributed by atoms with Crippen LogP contribution in [-0.4, -0.2) is 44.5 Å². The van der Waals surface area contributed by atoms with Gasteiger partial charge in [-0.15, -0.1) is 0 Å². The van der Waals surface area contributed by atoms with E-state index in [2.05, 4.69) is 10.6 Å². The van der Waals surface area contributed by atoms with Gasteiger partial charge in [-0.05, 0) is 24.4 Å². The summed E-state index contributed by atoms with van der Waals surface area (Å²) in [6.07, 6.45) is 1.06. The quantitative estimate of drug-likeness (QED) is 0.558. The van der Waals surface area contributed by atoms with Crippen LogP contribution in [0.1, 0.15) is 6.42 Å². The lowest BCUT2D eigenvalue weighted by Crippen LogP contribution is -3.14. The maximum Gasteiger partial charge on any atom is 0.170 e. The zero-order chi connectivity index (χ0) is 15.1. The third kappa shape index (κ3) is 5.60. The first-order chi connectivity index (χ1) is 10.2. The predicted octanol–water partition coefficient (Wildman–Crippen LogP) is 1.58. The van der Waals surface area contributed by atoms with Gasteiger partial charge in [0.1, 0.15) is 13.1 Å². The molecular formula is C14H20Cl2N3OS+. The van der Waals surface area contributed by atoms with Crippen molar-refractivity contribution in [2.45, 2.75) is 6.42 Å². The molecule has 0 bridgehead atoms. The van der Waals surface area contributed by atoms with Gasteiger partial charge < -0.3 is 20.3 Å². The van der Waals surface area contributed by atoms with Gasteiger partial charge in [0.25, 0.3) is 0 Å². The molecule has 0 unspecified atom stereocenters. The first kappa shape index (κ1) is 16.8. The van der Waals surface area contributed by atoms with Crippen LogP contribution in [0.4, 0.5) is 5.69 Å². The van der Waals surface area contributed by atoms with Crippen molar-refractivity contribution in [1.29, 1.82) is 0 Å².